The highest BCUT2D eigenvalue weighted by Gasteiger charge is 2.26. The number of nitro benzene ring substituents is 1. The zero-order chi connectivity index (χ0) is 15.4. The molecule has 0 fully saturated rings. The lowest BCUT2D eigenvalue weighted by Gasteiger charge is -2.13. The van der Waals surface area contributed by atoms with E-state index in [2.05, 4.69) is 5.32 Å². The number of hydrogen-bond donors (Lipinski definition) is 1. The topological polar surface area (TPSA) is 89.3 Å². The van der Waals surface area contributed by atoms with Gasteiger partial charge in [-0.05, 0) is 13.0 Å². The van der Waals surface area contributed by atoms with Gasteiger partial charge in [-0.15, -0.1) is 0 Å². The van der Waals surface area contributed by atoms with Crippen LogP contribution in [0.3, 0.4) is 0 Å². The molecule has 0 aromatic heterocycles. The Hall–Kier alpha value is -1.90. The van der Waals surface area contributed by atoms with Crippen LogP contribution in [0.25, 0.3) is 0 Å². The van der Waals surface area contributed by atoms with Gasteiger partial charge in [0, 0.05) is 34.9 Å². The number of carbonyl (C=O) groups excluding carboxylic acids is 1. The first kappa shape index (κ1) is 16.2. The van der Waals surface area contributed by atoms with Gasteiger partial charge in [0.15, 0.2) is 0 Å². The summed E-state index contributed by atoms with van der Waals surface area (Å²) in [7, 11) is -1.20. The lowest BCUT2D eigenvalue weighted by Crippen LogP contribution is -2.37. The molecule has 0 saturated carbocycles. The predicted octanol–water partition coefficient (Wildman–Crippen LogP) is 1.37. The molecule has 0 saturated heterocycles. The maximum atomic E-state index is 13.7. The smallest absolute Gasteiger partial charge is 0.305 e. The largest absolute Gasteiger partial charge is 0.348 e. The number of hydrogen-bond acceptors (Lipinski definition) is 4. The minimum atomic E-state index is -1.53. The van der Waals surface area contributed by atoms with E-state index in [1.165, 1.54) is 13.2 Å². The van der Waals surface area contributed by atoms with Gasteiger partial charge in [-0.3, -0.25) is 19.1 Å². The Morgan fingerprint density at radius 1 is 1.50 bits per heavy atom. The fourth-order valence-electron chi connectivity index (χ4n) is 1.58. The molecule has 2 unspecified atom stereocenters. The highest BCUT2D eigenvalue weighted by molar-refractivity contribution is 7.84. The average molecular weight is 306 g/mol. The van der Waals surface area contributed by atoms with Gasteiger partial charge in [-0.2, -0.15) is 4.39 Å². The summed E-state index contributed by atoms with van der Waals surface area (Å²) in [5.74, 6) is -3.75. The summed E-state index contributed by atoms with van der Waals surface area (Å²) in [5, 5.41) is 12.8. The Morgan fingerprint density at radius 3 is 2.60 bits per heavy atom. The lowest BCUT2D eigenvalue weighted by molar-refractivity contribution is -0.387. The van der Waals surface area contributed by atoms with E-state index in [-0.39, 0.29) is 5.75 Å². The standard InChI is InChI=1S/C11H12F2N2O4S/c1-6(5-20(2)19)14-11(16)9-7(12)3-4-8(10(9)13)15(17)18/h3-4,6H,5H2,1-2H3,(H,14,16). The van der Waals surface area contributed by atoms with Crippen molar-refractivity contribution >= 4 is 22.4 Å². The van der Waals surface area contributed by atoms with E-state index in [1.54, 1.807) is 0 Å². The van der Waals surface area contributed by atoms with E-state index < -0.39 is 50.6 Å². The molecule has 9 heteroatoms. The second-order valence-electron chi connectivity index (χ2n) is 4.13. The summed E-state index contributed by atoms with van der Waals surface area (Å²) in [4.78, 5) is 21.2. The molecule has 1 aromatic rings. The van der Waals surface area contributed by atoms with Crippen molar-refractivity contribution in [2.24, 2.45) is 0 Å². The van der Waals surface area contributed by atoms with Gasteiger partial charge in [-0.25, -0.2) is 4.39 Å². The number of benzene rings is 1. The molecule has 110 valence electrons. The van der Waals surface area contributed by atoms with Crippen molar-refractivity contribution in [3.8, 4) is 0 Å². The SMILES string of the molecule is CC(CS(C)=O)NC(=O)c1c(F)ccc([N+](=O)[O-])c1F. The molecule has 20 heavy (non-hydrogen) atoms. The molecule has 0 spiro atoms. The summed E-state index contributed by atoms with van der Waals surface area (Å²) in [6.07, 6.45) is 1.41. The summed E-state index contributed by atoms with van der Waals surface area (Å²) < 4.78 is 38.2. The molecular weight excluding hydrogens is 294 g/mol. The quantitative estimate of drug-likeness (QED) is 0.657. The summed E-state index contributed by atoms with van der Waals surface area (Å²) >= 11 is 0. The highest BCUT2D eigenvalue weighted by atomic mass is 32.2. The van der Waals surface area contributed by atoms with Gasteiger partial charge >= 0.3 is 5.69 Å². The molecule has 0 aliphatic rings. The van der Waals surface area contributed by atoms with Crippen LogP contribution in [-0.2, 0) is 10.8 Å². The average Bonchev–Trinajstić information content (AvgIpc) is 2.26. The second kappa shape index (κ2) is 6.51. The maximum absolute atomic E-state index is 13.7. The van der Waals surface area contributed by atoms with Gasteiger partial charge in [0.1, 0.15) is 11.4 Å². The van der Waals surface area contributed by atoms with Crippen molar-refractivity contribution in [1.29, 1.82) is 0 Å². The zero-order valence-corrected chi connectivity index (χ0v) is 11.5. The van der Waals surface area contributed by atoms with Crippen molar-refractivity contribution in [2.75, 3.05) is 12.0 Å². The van der Waals surface area contributed by atoms with Crippen LogP contribution >= 0.6 is 0 Å². The Bertz CT molecular complexity index is 580. The first-order valence-corrected chi connectivity index (χ1v) is 7.20. The van der Waals surface area contributed by atoms with E-state index >= 15 is 0 Å². The van der Waals surface area contributed by atoms with Gasteiger partial charge < -0.3 is 5.32 Å². The van der Waals surface area contributed by atoms with Crippen LogP contribution in [-0.4, -0.2) is 33.1 Å². The molecule has 0 aliphatic carbocycles. The van der Waals surface area contributed by atoms with E-state index in [9.17, 15) is 27.9 Å². The Labute approximate surface area is 115 Å². The number of amides is 1. The first-order valence-electron chi connectivity index (χ1n) is 5.47. The van der Waals surface area contributed by atoms with Crippen molar-refractivity contribution in [3.05, 3.63) is 39.4 Å². The second-order valence-corrected chi connectivity index (χ2v) is 5.61. The molecule has 1 rings (SSSR count). The van der Waals surface area contributed by atoms with Gasteiger partial charge in [0.25, 0.3) is 5.91 Å². The van der Waals surface area contributed by atoms with Crippen molar-refractivity contribution in [2.45, 2.75) is 13.0 Å². The molecule has 1 aromatic carbocycles. The maximum Gasteiger partial charge on any atom is 0.305 e. The zero-order valence-electron chi connectivity index (χ0n) is 10.7. The van der Waals surface area contributed by atoms with Crippen LogP contribution in [0.5, 0.6) is 0 Å². The van der Waals surface area contributed by atoms with Gasteiger partial charge in [-0.1, -0.05) is 0 Å². The van der Waals surface area contributed by atoms with Crippen LogP contribution in [0, 0.1) is 21.7 Å². The number of rotatable bonds is 5. The Morgan fingerprint density at radius 2 is 2.10 bits per heavy atom. The normalized spacial score (nSPS) is 13.6. The lowest BCUT2D eigenvalue weighted by atomic mass is 10.1. The van der Waals surface area contributed by atoms with E-state index in [0.717, 1.165) is 0 Å². The van der Waals surface area contributed by atoms with E-state index in [4.69, 9.17) is 0 Å². The minimum absolute atomic E-state index is 0.101. The molecule has 0 aliphatic heterocycles. The summed E-state index contributed by atoms with van der Waals surface area (Å²) in [5.41, 5.74) is -2.00. The third-order valence-electron chi connectivity index (χ3n) is 2.36. The fourth-order valence-corrected chi connectivity index (χ4v) is 2.37. The first-order chi connectivity index (χ1) is 9.23. The third-order valence-corrected chi connectivity index (χ3v) is 3.33. The molecule has 1 N–H and O–H groups in total. The Balaban J connectivity index is 3.06. The van der Waals surface area contributed by atoms with E-state index in [1.807, 2.05) is 0 Å². The Kier molecular flexibility index (Phi) is 5.26. The molecule has 6 nitrogen and oxygen atoms in total. The van der Waals surface area contributed by atoms with Crippen LogP contribution in [0.15, 0.2) is 12.1 Å². The number of halogens is 2. The van der Waals surface area contributed by atoms with E-state index in [0.29, 0.717) is 12.1 Å². The molecular formula is C11H12F2N2O4S. The molecule has 1 amide bonds. The molecule has 0 heterocycles. The third kappa shape index (κ3) is 3.80. The molecule has 0 bridgehead atoms. The minimum Gasteiger partial charge on any atom is -0.348 e. The molecule has 0 radical (unpaired) electrons. The van der Waals surface area contributed by atoms with Crippen molar-refractivity contribution in [3.63, 3.8) is 0 Å². The van der Waals surface area contributed by atoms with Crippen molar-refractivity contribution < 1.29 is 22.7 Å². The fraction of sp³-hybridized carbons (Fsp3) is 0.364. The van der Waals surface area contributed by atoms with Crippen molar-refractivity contribution in [1.82, 2.24) is 5.32 Å². The predicted molar refractivity (Wildman–Crippen MR) is 68.9 cm³/mol. The van der Waals surface area contributed by atoms with Crippen LogP contribution in [0.1, 0.15) is 17.3 Å². The number of nitro groups is 1. The summed E-state index contributed by atoms with van der Waals surface area (Å²) in [6.45, 7) is 1.51. The number of nitrogens with one attached hydrogen (secondary N) is 1. The van der Waals surface area contributed by atoms with Crippen LogP contribution in [0.2, 0.25) is 0 Å². The van der Waals surface area contributed by atoms with Crippen LogP contribution < -0.4 is 5.32 Å². The highest BCUT2D eigenvalue weighted by Crippen LogP contribution is 2.23. The van der Waals surface area contributed by atoms with Gasteiger partial charge in [0.05, 0.1) is 4.92 Å². The molecule has 2 atom stereocenters. The number of carbonyl (C=O) groups is 1. The van der Waals surface area contributed by atoms with Gasteiger partial charge in [0.2, 0.25) is 5.82 Å². The van der Waals surface area contributed by atoms with Crippen LogP contribution in [0.4, 0.5) is 14.5 Å². The number of nitrogens with zero attached hydrogens (tertiary/aromatic N) is 1. The monoisotopic (exact) mass is 306 g/mol. The summed E-state index contributed by atoms with van der Waals surface area (Å²) in [6, 6.07) is 0.705.